The summed E-state index contributed by atoms with van der Waals surface area (Å²) in [6.45, 7) is 6.44. The number of likely N-dealkylation sites (N-methyl/N-ethyl adjacent to an activating group) is 1. The fraction of sp³-hybridized carbons (Fsp3) is 0.929. The van der Waals surface area contributed by atoms with E-state index in [9.17, 15) is 4.79 Å². The number of aliphatic carboxylic acids is 1. The first-order valence-electron chi connectivity index (χ1n) is 7.18. The molecular formula is C14H28N2O2. The number of hydrogen-bond donors (Lipinski definition) is 2. The largest absolute Gasteiger partial charge is 0.480 e. The summed E-state index contributed by atoms with van der Waals surface area (Å²) < 4.78 is 0. The molecule has 0 aromatic rings. The number of carboxylic acids is 1. The number of nitrogens with zero attached hydrogens (tertiary/aromatic N) is 1. The van der Waals surface area contributed by atoms with Crippen molar-refractivity contribution in [2.45, 2.75) is 58.0 Å². The van der Waals surface area contributed by atoms with E-state index in [0.29, 0.717) is 18.4 Å². The number of rotatable bonds is 8. The summed E-state index contributed by atoms with van der Waals surface area (Å²) in [5.74, 6) is -0.100. The second-order valence-electron chi connectivity index (χ2n) is 5.80. The minimum Gasteiger partial charge on any atom is -0.480 e. The van der Waals surface area contributed by atoms with Gasteiger partial charge < -0.3 is 15.3 Å². The molecule has 0 radical (unpaired) electrons. The maximum Gasteiger partial charge on any atom is 0.320 e. The van der Waals surface area contributed by atoms with Crippen molar-refractivity contribution >= 4 is 5.97 Å². The smallest absolute Gasteiger partial charge is 0.320 e. The third-order valence-electron chi connectivity index (χ3n) is 3.79. The number of carboxylic acid groups (broad SMARTS) is 1. The van der Waals surface area contributed by atoms with E-state index >= 15 is 0 Å². The van der Waals surface area contributed by atoms with Crippen LogP contribution in [0, 0.1) is 5.92 Å². The molecule has 1 saturated carbocycles. The van der Waals surface area contributed by atoms with E-state index in [0.717, 1.165) is 13.1 Å². The lowest BCUT2D eigenvalue weighted by molar-refractivity contribution is -0.139. The Bertz CT molecular complexity index is 250. The predicted octanol–water partition coefficient (Wildman–Crippen LogP) is 1.95. The molecule has 1 aliphatic carbocycles. The van der Waals surface area contributed by atoms with Gasteiger partial charge in [-0.3, -0.25) is 4.79 Å². The van der Waals surface area contributed by atoms with E-state index in [2.05, 4.69) is 24.1 Å². The summed E-state index contributed by atoms with van der Waals surface area (Å²) >= 11 is 0. The van der Waals surface area contributed by atoms with E-state index in [-0.39, 0.29) is 0 Å². The van der Waals surface area contributed by atoms with Crippen LogP contribution in [0.15, 0.2) is 0 Å². The van der Waals surface area contributed by atoms with E-state index in [1.54, 1.807) is 7.05 Å². The van der Waals surface area contributed by atoms with Crippen molar-refractivity contribution < 1.29 is 9.90 Å². The third kappa shape index (κ3) is 4.94. The molecule has 0 aromatic carbocycles. The fourth-order valence-electron chi connectivity index (χ4n) is 2.85. The Morgan fingerprint density at radius 2 is 2.00 bits per heavy atom. The molecule has 0 saturated heterocycles. The summed E-state index contributed by atoms with van der Waals surface area (Å²) in [4.78, 5) is 13.5. The number of hydrogen-bond acceptors (Lipinski definition) is 3. The highest BCUT2D eigenvalue weighted by Crippen LogP contribution is 2.24. The van der Waals surface area contributed by atoms with Gasteiger partial charge in [-0.2, -0.15) is 0 Å². The Balaban J connectivity index is 2.47. The first kappa shape index (κ1) is 15.4. The van der Waals surface area contributed by atoms with E-state index in [1.165, 1.54) is 25.7 Å². The molecule has 0 aliphatic heterocycles. The molecule has 0 heterocycles. The minimum atomic E-state index is -0.742. The van der Waals surface area contributed by atoms with Crippen LogP contribution in [0.2, 0.25) is 0 Å². The topological polar surface area (TPSA) is 52.6 Å². The second-order valence-corrected chi connectivity index (χ2v) is 5.80. The molecule has 1 aliphatic rings. The second kappa shape index (κ2) is 7.74. The van der Waals surface area contributed by atoms with Gasteiger partial charge in [-0.1, -0.05) is 26.7 Å². The van der Waals surface area contributed by atoms with Crippen molar-refractivity contribution in [3.8, 4) is 0 Å². The van der Waals surface area contributed by atoms with Crippen LogP contribution in [0.1, 0.15) is 46.0 Å². The van der Waals surface area contributed by atoms with Gasteiger partial charge in [0, 0.05) is 19.1 Å². The molecule has 1 rings (SSSR count). The lowest BCUT2D eigenvalue weighted by Crippen LogP contribution is -2.42. The monoisotopic (exact) mass is 256 g/mol. The summed E-state index contributed by atoms with van der Waals surface area (Å²) in [6, 6.07) is 0.264. The number of carbonyl (C=O) groups is 1. The summed E-state index contributed by atoms with van der Waals surface area (Å²) in [7, 11) is 1.72. The van der Waals surface area contributed by atoms with Gasteiger partial charge in [0.15, 0.2) is 0 Å². The van der Waals surface area contributed by atoms with Crippen LogP contribution in [0.5, 0.6) is 0 Å². The first-order chi connectivity index (χ1) is 8.54. The van der Waals surface area contributed by atoms with Gasteiger partial charge in [0.25, 0.3) is 0 Å². The van der Waals surface area contributed by atoms with E-state index < -0.39 is 12.0 Å². The van der Waals surface area contributed by atoms with Gasteiger partial charge in [-0.25, -0.2) is 0 Å². The highest BCUT2D eigenvalue weighted by Gasteiger charge is 2.24. The Morgan fingerprint density at radius 1 is 1.39 bits per heavy atom. The highest BCUT2D eigenvalue weighted by molar-refractivity contribution is 5.73. The van der Waals surface area contributed by atoms with Crippen LogP contribution in [0.4, 0.5) is 0 Å². The predicted molar refractivity (Wildman–Crippen MR) is 73.8 cm³/mol. The van der Waals surface area contributed by atoms with Crippen LogP contribution in [0.3, 0.4) is 0 Å². The molecular weight excluding hydrogens is 228 g/mol. The minimum absolute atomic E-state index is 0.416. The lowest BCUT2D eigenvalue weighted by atomic mass is 10.1. The Kier molecular flexibility index (Phi) is 6.65. The molecule has 18 heavy (non-hydrogen) atoms. The van der Waals surface area contributed by atoms with Crippen LogP contribution in [0.25, 0.3) is 0 Å². The molecule has 0 spiro atoms. The third-order valence-corrected chi connectivity index (χ3v) is 3.79. The standard InChI is InChI=1S/C14H28N2O2/c1-11(2)10-16(12-6-4-5-7-12)9-8-13(15-3)14(17)18/h11-13,15H,4-10H2,1-3H3,(H,17,18). The average Bonchev–Trinajstić information content (AvgIpc) is 2.80. The van der Waals surface area contributed by atoms with Crippen molar-refractivity contribution in [3.63, 3.8) is 0 Å². The van der Waals surface area contributed by atoms with E-state index in [4.69, 9.17) is 5.11 Å². The van der Waals surface area contributed by atoms with Crippen LogP contribution < -0.4 is 5.32 Å². The molecule has 1 atom stereocenters. The van der Waals surface area contributed by atoms with Crippen LogP contribution in [-0.4, -0.2) is 48.2 Å². The molecule has 2 N–H and O–H groups in total. The zero-order valence-corrected chi connectivity index (χ0v) is 12.0. The van der Waals surface area contributed by atoms with Gasteiger partial charge in [-0.05, 0) is 32.2 Å². The van der Waals surface area contributed by atoms with Gasteiger partial charge in [0.2, 0.25) is 0 Å². The summed E-state index contributed by atoms with van der Waals surface area (Å²) in [5, 5.41) is 11.9. The molecule has 0 amide bonds. The van der Waals surface area contributed by atoms with Crippen LogP contribution in [-0.2, 0) is 4.79 Å². The van der Waals surface area contributed by atoms with Crippen molar-refractivity contribution in [1.29, 1.82) is 0 Å². The van der Waals surface area contributed by atoms with Crippen molar-refractivity contribution in [3.05, 3.63) is 0 Å². The van der Waals surface area contributed by atoms with Gasteiger partial charge in [-0.15, -0.1) is 0 Å². The Morgan fingerprint density at radius 3 is 2.44 bits per heavy atom. The molecule has 4 heteroatoms. The number of nitrogens with one attached hydrogen (secondary N) is 1. The van der Waals surface area contributed by atoms with Gasteiger partial charge >= 0.3 is 5.97 Å². The lowest BCUT2D eigenvalue weighted by Gasteiger charge is -2.31. The summed E-state index contributed by atoms with van der Waals surface area (Å²) in [5.41, 5.74) is 0. The Hall–Kier alpha value is -0.610. The molecule has 4 nitrogen and oxygen atoms in total. The maximum absolute atomic E-state index is 11.0. The SMILES string of the molecule is CNC(CCN(CC(C)C)C1CCCC1)C(=O)O. The molecule has 0 aromatic heterocycles. The normalized spacial score (nSPS) is 18.7. The molecule has 1 fully saturated rings. The molecule has 1 unspecified atom stereocenters. The van der Waals surface area contributed by atoms with Crippen molar-refractivity contribution in [2.75, 3.05) is 20.1 Å². The quantitative estimate of drug-likeness (QED) is 0.697. The fourth-order valence-corrected chi connectivity index (χ4v) is 2.85. The molecule has 0 bridgehead atoms. The van der Waals surface area contributed by atoms with Gasteiger partial charge in [0.05, 0.1) is 0 Å². The van der Waals surface area contributed by atoms with Crippen LogP contribution >= 0.6 is 0 Å². The van der Waals surface area contributed by atoms with Crippen molar-refractivity contribution in [1.82, 2.24) is 10.2 Å². The summed E-state index contributed by atoms with van der Waals surface area (Å²) in [6.07, 6.45) is 5.91. The average molecular weight is 256 g/mol. The highest BCUT2D eigenvalue weighted by atomic mass is 16.4. The van der Waals surface area contributed by atoms with E-state index in [1.807, 2.05) is 0 Å². The molecule has 106 valence electrons. The maximum atomic E-state index is 11.0. The Labute approximate surface area is 111 Å². The van der Waals surface area contributed by atoms with Gasteiger partial charge in [0.1, 0.15) is 6.04 Å². The van der Waals surface area contributed by atoms with Crippen molar-refractivity contribution in [2.24, 2.45) is 5.92 Å². The zero-order valence-electron chi connectivity index (χ0n) is 12.0. The first-order valence-corrected chi connectivity index (χ1v) is 7.18. The zero-order chi connectivity index (χ0) is 13.5.